The van der Waals surface area contributed by atoms with Gasteiger partial charge in [-0.2, -0.15) is 0 Å². The van der Waals surface area contributed by atoms with Gasteiger partial charge in [-0.1, -0.05) is 0 Å². The Morgan fingerprint density at radius 2 is 2.45 bits per heavy atom. The van der Waals surface area contributed by atoms with Crippen LogP contribution in [0.25, 0.3) is 6.08 Å². The van der Waals surface area contributed by atoms with E-state index in [1.165, 1.54) is 6.42 Å². The molecule has 2 rings (SSSR count). The average molecular weight is 276 g/mol. The van der Waals surface area contributed by atoms with E-state index < -0.39 is 5.97 Å². The van der Waals surface area contributed by atoms with E-state index in [-0.39, 0.29) is 6.10 Å². The standard InChI is InChI=1S/C15H20N2O3/c1-17(11-13-6-2-3-10-20-13)15-12(5-4-9-16-15)7-8-14(18)19/h4-5,7-9,13H,2-3,6,10-11H2,1H3,(H,18,19)/b8-7+. The van der Waals surface area contributed by atoms with Gasteiger partial charge in [0.2, 0.25) is 0 Å². The number of pyridine rings is 1. The van der Waals surface area contributed by atoms with Gasteiger partial charge in [-0.05, 0) is 37.5 Å². The second kappa shape index (κ2) is 7.05. The average Bonchev–Trinajstić information content (AvgIpc) is 2.46. The van der Waals surface area contributed by atoms with Crippen molar-refractivity contribution in [1.29, 1.82) is 0 Å². The van der Waals surface area contributed by atoms with Crippen LogP contribution in [0.1, 0.15) is 24.8 Å². The van der Waals surface area contributed by atoms with Gasteiger partial charge in [0.05, 0.1) is 6.10 Å². The predicted molar refractivity (Wildman–Crippen MR) is 77.8 cm³/mol. The quantitative estimate of drug-likeness (QED) is 0.835. The molecule has 5 nitrogen and oxygen atoms in total. The molecule has 0 bridgehead atoms. The molecule has 0 spiro atoms. The summed E-state index contributed by atoms with van der Waals surface area (Å²) in [7, 11) is 1.96. The minimum absolute atomic E-state index is 0.229. The summed E-state index contributed by atoms with van der Waals surface area (Å²) in [5, 5.41) is 8.72. The van der Waals surface area contributed by atoms with E-state index in [0.717, 1.165) is 43.5 Å². The molecule has 5 heteroatoms. The van der Waals surface area contributed by atoms with Crippen LogP contribution in [0.3, 0.4) is 0 Å². The van der Waals surface area contributed by atoms with Gasteiger partial charge in [0.1, 0.15) is 5.82 Å². The number of ether oxygens (including phenoxy) is 1. The van der Waals surface area contributed by atoms with Crippen molar-refractivity contribution in [2.24, 2.45) is 0 Å². The van der Waals surface area contributed by atoms with Gasteiger partial charge >= 0.3 is 5.97 Å². The van der Waals surface area contributed by atoms with E-state index in [2.05, 4.69) is 4.98 Å². The van der Waals surface area contributed by atoms with Crippen LogP contribution < -0.4 is 4.90 Å². The summed E-state index contributed by atoms with van der Waals surface area (Å²) >= 11 is 0. The van der Waals surface area contributed by atoms with Gasteiger partial charge in [-0.15, -0.1) is 0 Å². The summed E-state index contributed by atoms with van der Waals surface area (Å²) in [6.07, 6.45) is 8.05. The van der Waals surface area contributed by atoms with Crippen LogP contribution in [0.5, 0.6) is 0 Å². The number of hydrogen-bond acceptors (Lipinski definition) is 4. The SMILES string of the molecule is CN(CC1CCCCO1)c1ncccc1/C=C/C(=O)O. The minimum atomic E-state index is -0.960. The minimum Gasteiger partial charge on any atom is -0.478 e. The molecule has 20 heavy (non-hydrogen) atoms. The zero-order chi connectivity index (χ0) is 14.4. The van der Waals surface area contributed by atoms with Crippen molar-refractivity contribution in [2.45, 2.75) is 25.4 Å². The molecule has 1 aromatic rings. The Bertz CT molecular complexity index is 482. The maximum absolute atomic E-state index is 10.6. The lowest BCUT2D eigenvalue weighted by Gasteiger charge is -2.28. The molecule has 1 N–H and O–H groups in total. The highest BCUT2D eigenvalue weighted by Crippen LogP contribution is 2.20. The van der Waals surface area contributed by atoms with E-state index in [1.54, 1.807) is 18.3 Å². The molecular formula is C15H20N2O3. The van der Waals surface area contributed by atoms with Gasteiger partial charge in [0, 0.05) is 38.0 Å². The first kappa shape index (κ1) is 14.5. The Labute approximate surface area is 118 Å². The highest BCUT2D eigenvalue weighted by molar-refractivity contribution is 5.86. The summed E-state index contributed by atoms with van der Waals surface area (Å²) in [4.78, 5) is 17.0. The molecule has 0 radical (unpaired) electrons. The Morgan fingerprint density at radius 1 is 1.60 bits per heavy atom. The fourth-order valence-corrected chi connectivity index (χ4v) is 2.36. The van der Waals surface area contributed by atoms with Crippen LogP contribution in [0.15, 0.2) is 24.4 Å². The second-order valence-electron chi connectivity index (χ2n) is 4.96. The normalized spacial score (nSPS) is 19.1. The van der Waals surface area contributed by atoms with Crippen molar-refractivity contribution in [2.75, 3.05) is 25.1 Å². The van der Waals surface area contributed by atoms with Crippen molar-refractivity contribution >= 4 is 17.9 Å². The van der Waals surface area contributed by atoms with Crippen molar-refractivity contribution in [3.05, 3.63) is 30.0 Å². The number of aromatic nitrogens is 1. The molecule has 0 amide bonds. The molecule has 108 valence electrons. The zero-order valence-corrected chi connectivity index (χ0v) is 11.7. The first-order valence-electron chi connectivity index (χ1n) is 6.85. The molecule has 2 heterocycles. The van der Waals surface area contributed by atoms with Gasteiger partial charge in [-0.25, -0.2) is 9.78 Å². The lowest BCUT2D eigenvalue weighted by Crippen LogP contribution is -2.34. The number of carbonyl (C=O) groups is 1. The number of carboxylic acid groups (broad SMARTS) is 1. The van der Waals surface area contributed by atoms with E-state index in [0.29, 0.717) is 0 Å². The second-order valence-corrected chi connectivity index (χ2v) is 4.96. The number of nitrogens with zero attached hydrogens (tertiary/aromatic N) is 2. The molecular weight excluding hydrogens is 256 g/mol. The third kappa shape index (κ3) is 4.06. The van der Waals surface area contributed by atoms with Crippen molar-refractivity contribution in [1.82, 2.24) is 4.98 Å². The first-order valence-corrected chi connectivity index (χ1v) is 6.85. The maximum Gasteiger partial charge on any atom is 0.328 e. The van der Waals surface area contributed by atoms with Crippen LogP contribution in [0.4, 0.5) is 5.82 Å². The Kier molecular flexibility index (Phi) is 5.12. The Morgan fingerprint density at radius 3 is 3.15 bits per heavy atom. The lowest BCUT2D eigenvalue weighted by molar-refractivity contribution is -0.131. The van der Waals surface area contributed by atoms with Gasteiger partial charge < -0.3 is 14.7 Å². The summed E-state index contributed by atoms with van der Waals surface area (Å²) in [5.41, 5.74) is 0.799. The molecule has 1 unspecified atom stereocenters. The number of anilines is 1. The van der Waals surface area contributed by atoms with Gasteiger partial charge in [0.25, 0.3) is 0 Å². The van der Waals surface area contributed by atoms with Crippen LogP contribution in [0, 0.1) is 0 Å². The number of hydrogen-bond donors (Lipinski definition) is 1. The third-order valence-electron chi connectivity index (χ3n) is 3.34. The zero-order valence-electron chi connectivity index (χ0n) is 11.7. The van der Waals surface area contributed by atoms with Crippen molar-refractivity contribution < 1.29 is 14.6 Å². The molecule has 1 atom stereocenters. The summed E-state index contributed by atoms with van der Waals surface area (Å²) in [5.74, 6) is -0.183. The van der Waals surface area contributed by atoms with E-state index >= 15 is 0 Å². The number of likely N-dealkylation sites (N-methyl/N-ethyl adjacent to an activating group) is 1. The molecule has 0 saturated carbocycles. The van der Waals surface area contributed by atoms with Crippen LogP contribution >= 0.6 is 0 Å². The van der Waals surface area contributed by atoms with E-state index in [9.17, 15) is 4.79 Å². The van der Waals surface area contributed by atoms with Gasteiger partial charge in [0.15, 0.2) is 0 Å². The lowest BCUT2D eigenvalue weighted by atomic mass is 10.1. The summed E-state index contributed by atoms with van der Waals surface area (Å²) in [6, 6.07) is 3.66. The molecule has 1 aliphatic rings. The fraction of sp³-hybridized carbons (Fsp3) is 0.467. The summed E-state index contributed by atoms with van der Waals surface area (Å²) < 4.78 is 5.73. The first-order chi connectivity index (χ1) is 9.66. The highest BCUT2D eigenvalue weighted by atomic mass is 16.5. The van der Waals surface area contributed by atoms with Crippen LogP contribution in [0.2, 0.25) is 0 Å². The molecule has 0 aliphatic carbocycles. The molecule has 1 saturated heterocycles. The monoisotopic (exact) mass is 276 g/mol. The molecule has 1 aliphatic heterocycles. The molecule has 1 fully saturated rings. The smallest absolute Gasteiger partial charge is 0.328 e. The third-order valence-corrected chi connectivity index (χ3v) is 3.34. The molecule has 0 aromatic carbocycles. The van der Waals surface area contributed by atoms with E-state index in [1.807, 2.05) is 18.0 Å². The van der Waals surface area contributed by atoms with Crippen LogP contribution in [-0.4, -0.2) is 42.4 Å². The number of rotatable bonds is 5. The fourth-order valence-electron chi connectivity index (χ4n) is 2.36. The topological polar surface area (TPSA) is 62.7 Å². The highest BCUT2D eigenvalue weighted by Gasteiger charge is 2.17. The maximum atomic E-state index is 10.6. The predicted octanol–water partition coefficient (Wildman–Crippen LogP) is 2.18. The van der Waals surface area contributed by atoms with Crippen LogP contribution in [-0.2, 0) is 9.53 Å². The largest absolute Gasteiger partial charge is 0.478 e. The van der Waals surface area contributed by atoms with Crippen molar-refractivity contribution in [3.8, 4) is 0 Å². The molecule has 1 aromatic heterocycles. The van der Waals surface area contributed by atoms with Crippen molar-refractivity contribution in [3.63, 3.8) is 0 Å². The number of carboxylic acids is 1. The number of aliphatic carboxylic acids is 1. The Hall–Kier alpha value is -1.88. The van der Waals surface area contributed by atoms with Gasteiger partial charge in [-0.3, -0.25) is 0 Å². The van der Waals surface area contributed by atoms with E-state index in [4.69, 9.17) is 9.84 Å². The summed E-state index contributed by atoms with van der Waals surface area (Å²) in [6.45, 7) is 1.59. The Balaban J connectivity index is 2.08.